The Morgan fingerprint density at radius 2 is 1.93 bits per heavy atom. The molecule has 3 saturated heterocycles. The summed E-state index contributed by atoms with van der Waals surface area (Å²) in [4.78, 5) is 13.6. The van der Waals surface area contributed by atoms with Gasteiger partial charge in [0.1, 0.15) is 5.69 Å². The molecule has 4 fully saturated rings. The number of nitrogens with one attached hydrogen (secondary N) is 2. The van der Waals surface area contributed by atoms with Crippen molar-refractivity contribution < 1.29 is 14.3 Å². The molecule has 0 radical (unpaired) electrons. The number of nitrogens with zero attached hydrogens (tertiary/aromatic N) is 3. The summed E-state index contributed by atoms with van der Waals surface area (Å²) in [5, 5.41) is 15.9. The van der Waals surface area contributed by atoms with Gasteiger partial charge in [-0.05, 0) is 56.4 Å². The van der Waals surface area contributed by atoms with Crippen molar-refractivity contribution in [3.8, 4) is 0 Å². The van der Waals surface area contributed by atoms with Crippen LogP contribution in [0.4, 0.5) is 11.5 Å². The van der Waals surface area contributed by atoms with Crippen molar-refractivity contribution in [1.82, 2.24) is 15.5 Å². The summed E-state index contributed by atoms with van der Waals surface area (Å²) in [6, 6.07) is 3.05. The van der Waals surface area contributed by atoms with E-state index in [0.717, 1.165) is 68.4 Å². The van der Waals surface area contributed by atoms with Gasteiger partial charge in [0.05, 0.1) is 18.9 Å². The fourth-order valence-electron chi connectivity index (χ4n) is 5.87. The number of ether oxygens (including phenoxy) is 2. The Morgan fingerprint density at radius 3 is 2.73 bits per heavy atom. The van der Waals surface area contributed by atoms with Gasteiger partial charge in [0.15, 0.2) is 12.1 Å². The first-order valence-corrected chi connectivity index (χ1v) is 11.5. The number of aldehydes is 1. The predicted molar refractivity (Wildman–Crippen MR) is 114 cm³/mol. The minimum Gasteiger partial charge on any atom is -0.381 e. The maximum Gasteiger partial charge on any atom is 0.172 e. The standard InChI is InChI=1S/C22H33N5O3/c28-14-20-21(27-3-7-30-8-4-27)12-22(26-25-20)24-17-10-16-13-23-19(18(16)11-17)9-15-1-5-29-6-2-15/h12,14-19,23H,1-11,13H2,(H,24,26)/t16-,17+,18+,19+/m1/s1. The van der Waals surface area contributed by atoms with Crippen molar-refractivity contribution in [2.45, 2.75) is 44.2 Å². The Morgan fingerprint density at radius 1 is 1.13 bits per heavy atom. The number of carbonyl (C=O) groups is 1. The van der Waals surface area contributed by atoms with Crippen LogP contribution in [0.15, 0.2) is 6.07 Å². The van der Waals surface area contributed by atoms with Crippen LogP contribution in [-0.2, 0) is 9.47 Å². The molecule has 0 unspecified atom stereocenters. The van der Waals surface area contributed by atoms with Gasteiger partial charge in [0.2, 0.25) is 0 Å². The number of anilines is 2. The van der Waals surface area contributed by atoms with Crippen molar-refractivity contribution in [1.29, 1.82) is 0 Å². The predicted octanol–water partition coefficient (Wildman–Crippen LogP) is 1.72. The molecular formula is C22H33N5O3. The van der Waals surface area contributed by atoms with Crippen LogP contribution in [0.3, 0.4) is 0 Å². The molecule has 8 nitrogen and oxygen atoms in total. The lowest BCUT2D eigenvalue weighted by molar-refractivity contribution is 0.0594. The molecule has 0 amide bonds. The smallest absolute Gasteiger partial charge is 0.172 e. The molecule has 164 valence electrons. The lowest BCUT2D eigenvalue weighted by Gasteiger charge is -2.29. The topological polar surface area (TPSA) is 88.6 Å². The minimum atomic E-state index is 0.409. The van der Waals surface area contributed by atoms with E-state index in [9.17, 15) is 4.79 Å². The molecule has 5 rings (SSSR count). The Bertz CT molecular complexity index is 735. The molecule has 1 aromatic heterocycles. The summed E-state index contributed by atoms with van der Waals surface area (Å²) in [6.07, 6.45) is 6.85. The highest BCUT2D eigenvalue weighted by atomic mass is 16.5. The highest BCUT2D eigenvalue weighted by molar-refractivity contribution is 5.82. The maximum absolute atomic E-state index is 11.5. The van der Waals surface area contributed by atoms with E-state index >= 15 is 0 Å². The number of hydrogen-bond donors (Lipinski definition) is 2. The number of fused-ring (bicyclic) bond motifs is 1. The summed E-state index contributed by atoms with van der Waals surface area (Å²) >= 11 is 0. The van der Waals surface area contributed by atoms with E-state index in [1.165, 1.54) is 32.1 Å². The Hall–Kier alpha value is -1.77. The highest BCUT2D eigenvalue weighted by Gasteiger charge is 2.43. The molecule has 4 aliphatic rings. The second kappa shape index (κ2) is 9.16. The monoisotopic (exact) mass is 415 g/mol. The first-order chi connectivity index (χ1) is 14.8. The summed E-state index contributed by atoms with van der Waals surface area (Å²) in [7, 11) is 0. The Balaban J connectivity index is 1.22. The lowest BCUT2D eigenvalue weighted by atomic mass is 9.85. The second-order valence-corrected chi connectivity index (χ2v) is 9.26. The van der Waals surface area contributed by atoms with Crippen molar-refractivity contribution in [2.24, 2.45) is 17.8 Å². The van der Waals surface area contributed by atoms with Gasteiger partial charge in [0, 0.05) is 44.5 Å². The van der Waals surface area contributed by atoms with Crippen LogP contribution in [-0.4, -0.2) is 74.6 Å². The van der Waals surface area contributed by atoms with Crippen LogP contribution < -0.4 is 15.5 Å². The molecule has 3 aliphatic heterocycles. The van der Waals surface area contributed by atoms with E-state index < -0.39 is 0 Å². The van der Waals surface area contributed by atoms with Gasteiger partial charge >= 0.3 is 0 Å². The van der Waals surface area contributed by atoms with Gasteiger partial charge in [0.25, 0.3) is 0 Å². The van der Waals surface area contributed by atoms with Crippen LogP contribution in [0, 0.1) is 17.8 Å². The quantitative estimate of drug-likeness (QED) is 0.679. The minimum absolute atomic E-state index is 0.409. The number of rotatable bonds is 6. The van der Waals surface area contributed by atoms with Crippen molar-refractivity contribution in [2.75, 3.05) is 56.3 Å². The third kappa shape index (κ3) is 4.31. The van der Waals surface area contributed by atoms with Crippen molar-refractivity contribution in [3.63, 3.8) is 0 Å². The third-order valence-electron chi connectivity index (χ3n) is 7.45. The van der Waals surface area contributed by atoms with Gasteiger partial charge < -0.3 is 25.0 Å². The fraction of sp³-hybridized carbons (Fsp3) is 0.773. The van der Waals surface area contributed by atoms with Gasteiger partial charge in [-0.25, -0.2) is 0 Å². The molecule has 1 aromatic rings. The summed E-state index contributed by atoms with van der Waals surface area (Å²) < 4.78 is 11.0. The zero-order valence-electron chi connectivity index (χ0n) is 17.6. The zero-order chi connectivity index (χ0) is 20.3. The van der Waals surface area contributed by atoms with E-state index in [-0.39, 0.29) is 0 Å². The number of morpholine rings is 1. The molecule has 0 bridgehead atoms. The molecule has 1 saturated carbocycles. The number of carbonyl (C=O) groups excluding carboxylic acids is 1. The molecule has 1 aliphatic carbocycles. The normalized spacial score (nSPS) is 32.2. The van der Waals surface area contributed by atoms with Crippen molar-refractivity contribution in [3.05, 3.63) is 11.8 Å². The molecule has 4 heterocycles. The SMILES string of the molecule is O=Cc1nnc(N[C@H]2C[C@@H]3CN[C@@H](CC4CCOCC4)[C@H]3C2)cc1N1CCOCC1. The molecule has 4 atom stereocenters. The fourth-order valence-corrected chi connectivity index (χ4v) is 5.87. The van der Waals surface area contributed by atoms with E-state index in [1.807, 2.05) is 6.07 Å². The summed E-state index contributed by atoms with van der Waals surface area (Å²) in [6.45, 7) is 5.89. The highest BCUT2D eigenvalue weighted by Crippen LogP contribution is 2.41. The van der Waals surface area contributed by atoms with Gasteiger partial charge in [-0.3, -0.25) is 4.79 Å². The molecule has 2 N–H and O–H groups in total. The van der Waals surface area contributed by atoms with E-state index in [1.54, 1.807) is 0 Å². The first-order valence-electron chi connectivity index (χ1n) is 11.5. The molecule has 30 heavy (non-hydrogen) atoms. The van der Waals surface area contributed by atoms with Gasteiger partial charge in [-0.2, -0.15) is 0 Å². The molecule has 8 heteroatoms. The van der Waals surface area contributed by atoms with Crippen LogP contribution in [0.5, 0.6) is 0 Å². The summed E-state index contributed by atoms with van der Waals surface area (Å²) in [5.74, 6) is 3.07. The lowest BCUT2D eigenvalue weighted by Crippen LogP contribution is -2.37. The average molecular weight is 416 g/mol. The molecule has 0 spiro atoms. The zero-order valence-corrected chi connectivity index (χ0v) is 17.6. The average Bonchev–Trinajstić information content (AvgIpc) is 3.36. The Kier molecular flexibility index (Phi) is 6.15. The first kappa shape index (κ1) is 20.2. The van der Waals surface area contributed by atoms with E-state index in [2.05, 4.69) is 25.7 Å². The molecule has 0 aromatic carbocycles. The maximum atomic E-state index is 11.5. The van der Waals surface area contributed by atoms with E-state index in [4.69, 9.17) is 9.47 Å². The third-order valence-corrected chi connectivity index (χ3v) is 7.45. The van der Waals surface area contributed by atoms with Crippen LogP contribution in [0.2, 0.25) is 0 Å². The van der Waals surface area contributed by atoms with Crippen LogP contribution in [0.1, 0.15) is 42.6 Å². The van der Waals surface area contributed by atoms with Crippen LogP contribution in [0.25, 0.3) is 0 Å². The number of aromatic nitrogens is 2. The van der Waals surface area contributed by atoms with Crippen molar-refractivity contribution >= 4 is 17.8 Å². The van der Waals surface area contributed by atoms with Gasteiger partial charge in [-0.1, -0.05) is 0 Å². The largest absolute Gasteiger partial charge is 0.381 e. The Labute approximate surface area is 178 Å². The molecular weight excluding hydrogens is 382 g/mol. The van der Waals surface area contributed by atoms with Gasteiger partial charge in [-0.15, -0.1) is 10.2 Å². The van der Waals surface area contributed by atoms with E-state index in [0.29, 0.717) is 31.0 Å². The summed E-state index contributed by atoms with van der Waals surface area (Å²) in [5.41, 5.74) is 1.27. The number of hydrogen-bond acceptors (Lipinski definition) is 8. The second-order valence-electron chi connectivity index (χ2n) is 9.26. The van der Waals surface area contributed by atoms with Crippen LogP contribution >= 0.6 is 0 Å².